The van der Waals surface area contributed by atoms with Gasteiger partial charge in [-0.2, -0.15) is 5.26 Å². The Morgan fingerprint density at radius 2 is 2.15 bits per heavy atom. The summed E-state index contributed by atoms with van der Waals surface area (Å²) in [5.74, 6) is 0. The molecule has 0 atom stereocenters. The lowest BCUT2D eigenvalue weighted by Gasteiger charge is -2.05. The molecule has 0 bridgehead atoms. The van der Waals surface area contributed by atoms with Crippen molar-refractivity contribution < 1.29 is 5.11 Å². The van der Waals surface area contributed by atoms with E-state index < -0.39 is 0 Å². The van der Waals surface area contributed by atoms with E-state index in [0.717, 1.165) is 5.69 Å². The molecule has 2 N–H and O–H groups in total. The van der Waals surface area contributed by atoms with Crippen molar-refractivity contribution in [3.05, 3.63) is 29.8 Å². The van der Waals surface area contributed by atoms with Crippen LogP contribution >= 0.6 is 0 Å². The van der Waals surface area contributed by atoms with Crippen molar-refractivity contribution in [3.63, 3.8) is 0 Å². The Bertz CT molecular complexity index is 304. The summed E-state index contributed by atoms with van der Waals surface area (Å²) < 4.78 is 0. The molecule has 0 unspecified atom stereocenters. The maximum Gasteiger partial charge on any atom is 0.101 e. The monoisotopic (exact) mass is 176 g/mol. The van der Waals surface area contributed by atoms with Gasteiger partial charge in [0.1, 0.15) is 6.07 Å². The minimum absolute atomic E-state index is 0.168. The Labute approximate surface area is 77.6 Å². The normalized spacial score (nSPS) is 9.23. The van der Waals surface area contributed by atoms with Crippen molar-refractivity contribution in [3.8, 4) is 6.07 Å². The minimum Gasteiger partial charge on any atom is -0.396 e. The summed E-state index contributed by atoms with van der Waals surface area (Å²) in [5.41, 5.74) is 1.47. The molecule has 1 aromatic rings. The van der Waals surface area contributed by atoms with Crippen molar-refractivity contribution >= 4 is 5.69 Å². The Kier molecular flexibility index (Phi) is 3.80. The number of aliphatic hydroxyl groups is 1. The van der Waals surface area contributed by atoms with Crippen molar-refractivity contribution in [2.75, 3.05) is 18.5 Å². The highest BCUT2D eigenvalue weighted by atomic mass is 16.3. The largest absolute Gasteiger partial charge is 0.396 e. The van der Waals surface area contributed by atoms with E-state index >= 15 is 0 Å². The second-order valence-electron chi connectivity index (χ2n) is 2.66. The summed E-state index contributed by atoms with van der Waals surface area (Å²) in [6.07, 6.45) is 0.694. The molecule has 1 aromatic carbocycles. The van der Waals surface area contributed by atoms with Gasteiger partial charge in [0.05, 0.1) is 11.3 Å². The summed E-state index contributed by atoms with van der Waals surface area (Å²) in [6, 6.07) is 9.43. The highest BCUT2D eigenvalue weighted by Gasteiger charge is 1.97. The number of nitrogens with one attached hydrogen (secondary N) is 1. The maximum absolute atomic E-state index is 8.74. The van der Waals surface area contributed by atoms with Gasteiger partial charge in [0.25, 0.3) is 0 Å². The van der Waals surface area contributed by atoms with Gasteiger partial charge in [-0.15, -0.1) is 0 Å². The van der Waals surface area contributed by atoms with Gasteiger partial charge < -0.3 is 10.4 Å². The molecule has 13 heavy (non-hydrogen) atoms. The van der Waals surface area contributed by atoms with Gasteiger partial charge in [-0.25, -0.2) is 0 Å². The number of nitriles is 1. The first-order valence-corrected chi connectivity index (χ1v) is 4.22. The van der Waals surface area contributed by atoms with Crippen LogP contribution in [-0.2, 0) is 0 Å². The third kappa shape index (κ3) is 2.77. The lowest BCUT2D eigenvalue weighted by atomic mass is 10.2. The second kappa shape index (κ2) is 5.18. The van der Waals surface area contributed by atoms with Crippen LogP contribution in [0.25, 0.3) is 0 Å². The molecule has 0 aliphatic rings. The fourth-order valence-corrected chi connectivity index (χ4v) is 1.04. The van der Waals surface area contributed by atoms with Crippen molar-refractivity contribution in [1.82, 2.24) is 0 Å². The van der Waals surface area contributed by atoms with Crippen LogP contribution in [0.4, 0.5) is 5.69 Å². The number of para-hydroxylation sites is 1. The molecule has 1 rings (SSSR count). The van der Waals surface area contributed by atoms with Crippen LogP contribution in [0.2, 0.25) is 0 Å². The predicted molar refractivity (Wildman–Crippen MR) is 51.3 cm³/mol. The lowest BCUT2D eigenvalue weighted by molar-refractivity contribution is 0.292. The molecular weight excluding hydrogens is 164 g/mol. The molecule has 0 amide bonds. The zero-order chi connectivity index (χ0) is 9.52. The first-order valence-electron chi connectivity index (χ1n) is 4.22. The van der Waals surface area contributed by atoms with Gasteiger partial charge in [-0.3, -0.25) is 0 Å². The Morgan fingerprint density at radius 1 is 1.38 bits per heavy atom. The average molecular weight is 176 g/mol. The van der Waals surface area contributed by atoms with Crippen LogP contribution in [0, 0.1) is 11.3 Å². The maximum atomic E-state index is 8.74. The van der Waals surface area contributed by atoms with Crippen molar-refractivity contribution in [1.29, 1.82) is 5.26 Å². The fourth-order valence-electron chi connectivity index (χ4n) is 1.04. The molecule has 3 heteroatoms. The van der Waals surface area contributed by atoms with E-state index in [-0.39, 0.29) is 6.61 Å². The summed E-state index contributed by atoms with van der Waals surface area (Å²) in [4.78, 5) is 0. The Morgan fingerprint density at radius 3 is 2.85 bits per heavy atom. The number of aliphatic hydroxyl groups excluding tert-OH is 1. The van der Waals surface area contributed by atoms with Crippen molar-refractivity contribution in [2.45, 2.75) is 6.42 Å². The predicted octanol–water partition coefficient (Wildman–Crippen LogP) is 1.35. The number of benzene rings is 1. The van der Waals surface area contributed by atoms with Crippen LogP contribution in [0.3, 0.4) is 0 Å². The molecule has 0 radical (unpaired) electrons. The first kappa shape index (κ1) is 9.56. The molecular formula is C10H12N2O. The quantitative estimate of drug-likeness (QED) is 0.681. The number of hydrogen-bond donors (Lipinski definition) is 2. The zero-order valence-corrected chi connectivity index (χ0v) is 7.33. The molecule has 0 heterocycles. The lowest BCUT2D eigenvalue weighted by Crippen LogP contribution is -2.04. The van der Waals surface area contributed by atoms with Crippen LogP contribution < -0.4 is 5.32 Å². The zero-order valence-electron chi connectivity index (χ0n) is 7.33. The highest BCUT2D eigenvalue weighted by molar-refractivity contribution is 5.56. The first-order chi connectivity index (χ1) is 6.38. The second-order valence-corrected chi connectivity index (χ2v) is 2.66. The van der Waals surface area contributed by atoms with E-state index in [4.69, 9.17) is 10.4 Å². The number of hydrogen-bond acceptors (Lipinski definition) is 3. The van der Waals surface area contributed by atoms with Gasteiger partial charge in [0, 0.05) is 13.2 Å². The minimum atomic E-state index is 0.168. The van der Waals surface area contributed by atoms with Gasteiger partial charge in [0.15, 0.2) is 0 Å². The van der Waals surface area contributed by atoms with Crippen LogP contribution in [0.1, 0.15) is 12.0 Å². The van der Waals surface area contributed by atoms with E-state index in [9.17, 15) is 0 Å². The van der Waals surface area contributed by atoms with E-state index in [1.807, 2.05) is 18.2 Å². The third-order valence-corrected chi connectivity index (χ3v) is 1.70. The molecule has 3 nitrogen and oxygen atoms in total. The molecule has 68 valence electrons. The van der Waals surface area contributed by atoms with Gasteiger partial charge in [0.2, 0.25) is 0 Å². The standard InChI is InChI=1S/C10H12N2O/c11-8-9-4-1-2-5-10(9)12-6-3-7-13/h1-2,4-5,12-13H,3,6-7H2. The number of rotatable bonds is 4. The summed E-state index contributed by atoms with van der Waals surface area (Å²) >= 11 is 0. The SMILES string of the molecule is N#Cc1ccccc1NCCCO. The van der Waals surface area contributed by atoms with Crippen LogP contribution in [0.5, 0.6) is 0 Å². The number of anilines is 1. The van der Waals surface area contributed by atoms with E-state index in [0.29, 0.717) is 18.5 Å². The van der Waals surface area contributed by atoms with Gasteiger partial charge in [-0.05, 0) is 18.6 Å². The highest BCUT2D eigenvalue weighted by Crippen LogP contribution is 2.12. The van der Waals surface area contributed by atoms with E-state index in [1.54, 1.807) is 6.07 Å². The molecule has 0 spiro atoms. The molecule has 0 aromatic heterocycles. The van der Waals surface area contributed by atoms with Gasteiger partial charge >= 0.3 is 0 Å². The van der Waals surface area contributed by atoms with E-state index in [1.165, 1.54) is 0 Å². The third-order valence-electron chi connectivity index (χ3n) is 1.70. The average Bonchev–Trinajstić information content (AvgIpc) is 2.19. The van der Waals surface area contributed by atoms with Crippen molar-refractivity contribution in [2.24, 2.45) is 0 Å². The molecule has 0 aliphatic carbocycles. The smallest absolute Gasteiger partial charge is 0.101 e. The van der Waals surface area contributed by atoms with Crippen LogP contribution in [-0.4, -0.2) is 18.3 Å². The Hall–Kier alpha value is -1.53. The summed E-state index contributed by atoms with van der Waals surface area (Å²) in [6.45, 7) is 0.858. The molecule has 0 fully saturated rings. The Balaban J connectivity index is 2.60. The number of nitrogens with zero attached hydrogens (tertiary/aromatic N) is 1. The molecule has 0 saturated heterocycles. The van der Waals surface area contributed by atoms with Crippen LogP contribution in [0.15, 0.2) is 24.3 Å². The fraction of sp³-hybridized carbons (Fsp3) is 0.300. The van der Waals surface area contributed by atoms with E-state index in [2.05, 4.69) is 11.4 Å². The summed E-state index contributed by atoms with van der Waals surface area (Å²) in [5, 5.41) is 20.4. The van der Waals surface area contributed by atoms with Gasteiger partial charge in [-0.1, -0.05) is 12.1 Å². The topological polar surface area (TPSA) is 56.0 Å². The summed E-state index contributed by atoms with van der Waals surface area (Å²) in [7, 11) is 0. The molecule has 0 saturated carbocycles. The molecule has 0 aliphatic heterocycles.